The van der Waals surface area contributed by atoms with E-state index in [4.69, 9.17) is 0 Å². The zero-order valence-corrected chi connectivity index (χ0v) is 21.0. The number of aromatic hydroxyl groups is 1. The van der Waals surface area contributed by atoms with Gasteiger partial charge in [0.1, 0.15) is 23.4 Å². The van der Waals surface area contributed by atoms with E-state index in [-0.39, 0.29) is 35.6 Å². The predicted octanol–water partition coefficient (Wildman–Crippen LogP) is 3.07. The fraction of sp³-hybridized carbons (Fsp3) is 0.519. The summed E-state index contributed by atoms with van der Waals surface area (Å²) < 4.78 is 28.7. The number of nitrogens with one attached hydrogen (secondary N) is 1. The van der Waals surface area contributed by atoms with Gasteiger partial charge in [-0.25, -0.2) is 8.78 Å². The van der Waals surface area contributed by atoms with Crippen molar-refractivity contribution in [3.05, 3.63) is 63.1 Å². The molecular formula is C27H32F2N4O4. The van der Waals surface area contributed by atoms with Crippen molar-refractivity contribution in [2.45, 2.75) is 64.8 Å². The first-order chi connectivity index (χ1) is 17.7. The number of pyridine rings is 1. The first kappa shape index (κ1) is 25.4. The van der Waals surface area contributed by atoms with Crippen molar-refractivity contribution in [3.63, 3.8) is 0 Å². The van der Waals surface area contributed by atoms with Crippen LogP contribution in [0.3, 0.4) is 0 Å². The van der Waals surface area contributed by atoms with Gasteiger partial charge in [-0.3, -0.25) is 19.3 Å². The van der Waals surface area contributed by atoms with E-state index in [2.05, 4.69) is 24.1 Å². The number of halogens is 2. The molecule has 2 fully saturated rings. The minimum atomic E-state index is -0.952. The largest absolute Gasteiger partial charge is 0.503 e. The van der Waals surface area contributed by atoms with Gasteiger partial charge < -0.3 is 19.9 Å². The molecule has 1 aliphatic carbocycles. The summed E-state index contributed by atoms with van der Waals surface area (Å²) in [5.41, 5.74) is -1.34. The molecule has 1 aromatic carbocycles. The lowest BCUT2D eigenvalue weighted by atomic mass is 9.80. The number of hydrogen-bond donors (Lipinski definition) is 2. The van der Waals surface area contributed by atoms with Crippen LogP contribution >= 0.6 is 0 Å². The number of hydrogen-bond acceptors (Lipinski definition) is 5. The Bertz CT molecular complexity index is 1290. The summed E-state index contributed by atoms with van der Waals surface area (Å²) in [4.78, 5) is 43.8. The molecule has 2 aromatic rings. The quantitative estimate of drug-likeness (QED) is 0.640. The van der Waals surface area contributed by atoms with Crippen LogP contribution in [0.4, 0.5) is 8.78 Å². The predicted molar refractivity (Wildman–Crippen MR) is 132 cm³/mol. The van der Waals surface area contributed by atoms with Gasteiger partial charge in [0.25, 0.3) is 11.8 Å². The zero-order valence-electron chi connectivity index (χ0n) is 21.0. The lowest BCUT2D eigenvalue weighted by Gasteiger charge is -2.55. The van der Waals surface area contributed by atoms with Crippen LogP contribution in [-0.4, -0.2) is 56.6 Å². The van der Waals surface area contributed by atoms with Crippen molar-refractivity contribution in [3.8, 4) is 5.75 Å². The number of amides is 2. The molecule has 3 atom stereocenters. The SMILES string of the molecule is CC(C)CN1CC2CCCC[C@@H]2N2C(=O)c3c(O)c(=O)c(C(=O)NCc4ccc(F)cc4F)cn3C[C@@H]12. The van der Waals surface area contributed by atoms with Crippen molar-refractivity contribution in [2.24, 2.45) is 11.8 Å². The Morgan fingerprint density at radius 2 is 1.92 bits per heavy atom. The van der Waals surface area contributed by atoms with Crippen LogP contribution in [0.2, 0.25) is 0 Å². The minimum absolute atomic E-state index is 0.0522. The maximum absolute atomic E-state index is 14.0. The second kappa shape index (κ2) is 9.89. The summed E-state index contributed by atoms with van der Waals surface area (Å²) >= 11 is 0. The average molecular weight is 515 g/mol. The van der Waals surface area contributed by atoms with Crippen LogP contribution in [0.1, 0.15) is 65.9 Å². The molecule has 3 aliphatic rings. The van der Waals surface area contributed by atoms with E-state index < -0.39 is 34.6 Å². The number of benzene rings is 1. The molecule has 1 aromatic heterocycles. The standard InChI is InChI=1S/C27H32F2N4O4/c1-15(2)11-31-12-17-5-3-4-6-21(17)33-22(31)14-32-13-19(24(34)25(35)23(32)27(33)37)26(36)30-10-16-7-8-18(28)9-20(16)29/h7-9,13,15,17,21-22,35H,3-6,10-12,14H2,1-2H3,(H,30,36)/t17?,21-,22-/m0/s1. The second-order valence-corrected chi connectivity index (χ2v) is 10.8. The molecule has 0 spiro atoms. The van der Waals surface area contributed by atoms with E-state index in [0.717, 1.165) is 44.8 Å². The third-order valence-electron chi connectivity index (χ3n) is 7.79. The number of fused-ring (bicyclic) bond motifs is 4. The highest BCUT2D eigenvalue weighted by atomic mass is 19.1. The topological polar surface area (TPSA) is 94.9 Å². The fourth-order valence-electron chi connectivity index (χ4n) is 6.16. The van der Waals surface area contributed by atoms with Gasteiger partial charge in [-0.15, -0.1) is 0 Å². The maximum Gasteiger partial charge on any atom is 0.276 e. The third-order valence-corrected chi connectivity index (χ3v) is 7.79. The van der Waals surface area contributed by atoms with Gasteiger partial charge in [-0.2, -0.15) is 0 Å². The van der Waals surface area contributed by atoms with Crippen LogP contribution in [0.5, 0.6) is 5.75 Å². The van der Waals surface area contributed by atoms with E-state index in [9.17, 15) is 28.3 Å². The van der Waals surface area contributed by atoms with Crippen molar-refractivity contribution < 1.29 is 23.5 Å². The monoisotopic (exact) mass is 514 g/mol. The number of carbonyl (C=O) groups is 2. The Labute approximate surface area is 213 Å². The molecule has 1 saturated carbocycles. The van der Waals surface area contributed by atoms with Gasteiger partial charge >= 0.3 is 0 Å². The van der Waals surface area contributed by atoms with Gasteiger partial charge in [-0.1, -0.05) is 32.8 Å². The second-order valence-electron chi connectivity index (χ2n) is 10.8. The molecule has 198 valence electrons. The van der Waals surface area contributed by atoms with Crippen LogP contribution in [0.25, 0.3) is 0 Å². The lowest BCUT2D eigenvalue weighted by Crippen LogP contribution is -2.68. The van der Waals surface area contributed by atoms with Gasteiger partial charge in [0.05, 0.1) is 6.54 Å². The molecule has 2 N–H and O–H groups in total. The number of carbonyl (C=O) groups excluding carboxylic acids is 2. The zero-order chi connectivity index (χ0) is 26.4. The molecule has 8 nitrogen and oxygen atoms in total. The van der Waals surface area contributed by atoms with Crippen molar-refractivity contribution in [1.82, 2.24) is 19.7 Å². The molecule has 2 aliphatic heterocycles. The van der Waals surface area contributed by atoms with Gasteiger partial charge in [0.15, 0.2) is 11.4 Å². The van der Waals surface area contributed by atoms with E-state index >= 15 is 0 Å². The molecular weight excluding hydrogens is 482 g/mol. The molecule has 37 heavy (non-hydrogen) atoms. The summed E-state index contributed by atoms with van der Waals surface area (Å²) in [6.07, 6.45) is 5.17. The number of rotatable bonds is 5. The molecule has 1 unspecified atom stereocenters. The van der Waals surface area contributed by atoms with Gasteiger partial charge in [0, 0.05) is 43.5 Å². The highest BCUT2D eigenvalue weighted by Gasteiger charge is 2.48. The molecule has 10 heteroatoms. The Morgan fingerprint density at radius 3 is 2.65 bits per heavy atom. The Balaban J connectivity index is 1.46. The van der Waals surface area contributed by atoms with E-state index in [0.29, 0.717) is 24.4 Å². The molecule has 3 heterocycles. The van der Waals surface area contributed by atoms with E-state index in [1.165, 1.54) is 16.8 Å². The van der Waals surface area contributed by atoms with Gasteiger partial charge in [0.2, 0.25) is 5.43 Å². The number of nitrogens with zero attached hydrogens (tertiary/aromatic N) is 3. The summed E-state index contributed by atoms with van der Waals surface area (Å²) in [5.74, 6) is -2.78. The summed E-state index contributed by atoms with van der Waals surface area (Å²) in [6.45, 7) is 5.99. The number of aromatic nitrogens is 1. The first-order valence-corrected chi connectivity index (χ1v) is 12.9. The maximum atomic E-state index is 14.0. The lowest BCUT2D eigenvalue weighted by molar-refractivity contribution is -0.0771. The van der Waals surface area contributed by atoms with Crippen LogP contribution in [0.15, 0.2) is 29.2 Å². The van der Waals surface area contributed by atoms with Crippen molar-refractivity contribution in [1.29, 1.82) is 0 Å². The third kappa shape index (κ3) is 4.63. The van der Waals surface area contributed by atoms with Crippen molar-refractivity contribution in [2.75, 3.05) is 13.1 Å². The van der Waals surface area contributed by atoms with E-state index in [1.807, 2.05) is 4.90 Å². The molecule has 0 bridgehead atoms. The average Bonchev–Trinajstić information content (AvgIpc) is 2.85. The highest BCUT2D eigenvalue weighted by molar-refractivity contribution is 5.99. The smallest absolute Gasteiger partial charge is 0.276 e. The normalized spacial score (nSPS) is 23.4. The van der Waals surface area contributed by atoms with Crippen molar-refractivity contribution >= 4 is 11.8 Å². The minimum Gasteiger partial charge on any atom is -0.503 e. The van der Waals surface area contributed by atoms with Gasteiger partial charge in [-0.05, 0) is 30.7 Å². The Hall–Kier alpha value is -3.27. The first-order valence-electron chi connectivity index (χ1n) is 12.9. The highest BCUT2D eigenvalue weighted by Crippen LogP contribution is 2.39. The Kier molecular flexibility index (Phi) is 6.78. The molecule has 1 saturated heterocycles. The Morgan fingerprint density at radius 1 is 1.16 bits per heavy atom. The summed E-state index contributed by atoms with van der Waals surface area (Å²) in [6, 6.07) is 3.06. The summed E-state index contributed by atoms with van der Waals surface area (Å²) in [5, 5.41) is 13.3. The van der Waals surface area contributed by atoms with Crippen LogP contribution in [0, 0.1) is 23.5 Å². The van der Waals surface area contributed by atoms with E-state index in [1.54, 1.807) is 0 Å². The molecule has 5 rings (SSSR count). The fourth-order valence-corrected chi connectivity index (χ4v) is 6.16. The van der Waals surface area contributed by atoms with Crippen LogP contribution < -0.4 is 10.7 Å². The molecule has 0 radical (unpaired) electrons. The summed E-state index contributed by atoms with van der Waals surface area (Å²) in [7, 11) is 0. The van der Waals surface area contributed by atoms with Crippen LogP contribution in [-0.2, 0) is 13.1 Å². The molecule has 2 amide bonds.